The van der Waals surface area contributed by atoms with Gasteiger partial charge in [-0.1, -0.05) is 21.1 Å². The third kappa shape index (κ3) is 3.39. The number of benzene rings is 1. The average molecular weight is 379 g/mol. The normalized spacial score (nSPS) is 18.0. The third-order valence-electron chi connectivity index (χ3n) is 3.96. The number of aromatic nitrogens is 2. The lowest BCUT2D eigenvalue weighted by molar-refractivity contribution is 0.113. The zero-order valence-electron chi connectivity index (χ0n) is 13.2. The highest BCUT2D eigenvalue weighted by Gasteiger charge is 2.33. The Bertz CT molecular complexity index is 684. The molecular weight excluding hydrogens is 360 g/mol. The Hall–Kier alpha value is -1.89. The maximum absolute atomic E-state index is 12.4. The largest absolute Gasteiger partial charge is 0.337 e. The van der Waals surface area contributed by atoms with Gasteiger partial charge in [-0.2, -0.15) is 4.98 Å². The van der Waals surface area contributed by atoms with Gasteiger partial charge in [-0.3, -0.25) is 0 Å². The van der Waals surface area contributed by atoms with Gasteiger partial charge in [0.2, 0.25) is 11.7 Å². The molecule has 0 bridgehead atoms. The van der Waals surface area contributed by atoms with Crippen LogP contribution in [-0.4, -0.2) is 46.6 Å². The van der Waals surface area contributed by atoms with Gasteiger partial charge in [-0.15, -0.1) is 0 Å². The molecule has 0 N–H and O–H groups in total. The molecule has 2 heterocycles. The number of nitrogens with zero attached hydrogens (tertiary/aromatic N) is 4. The van der Waals surface area contributed by atoms with E-state index in [-0.39, 0.29) is 12.1 Å². The molecule has 1 aromatic heterocycles. The lowest BCUT2D eigenvalue weighted by Gasteiger charge is -2.35. The summed E-state index contributed by atoms with van der Waals surface area (Å²) in [5.74, 6) is 1.06. The van der Waals surface area contributed by atoms with Crippen molar-refractivity contribution in [2.45, 2.75) is 25.3 Å². The van der Waals surface area contributed by atoms with Crippen LogP contribution in [0.15, 0.2) is 33.3 Å². The van der Waals surface area contributed by atoms with Crippen LogP contribution in [0.2, 0.25) is 0 Å². The van der Waals surface area contributed by atoms with Gasteiger partial charge >= 0.3 is 6.03 Å². The van der Waals surface area contributed by atoms with Crippen LogP contribution in [0, 0.1) is 0 Å². The first kappa shape index (κ1) is 16.0. The molecule has 1 fully saturated rings. The number of piperidine rings is 1. The summed E-state index contributed by atoms with van der Waals surface area (Å²) in [5.41, 5.74) is 0.893. The summed E-state index contributed by atoms with van der Waals surface area (Å²) in [6.07, 6.45) is 2.91. The van der Waals surface area contributed by atoms with Gasteiger partial charge in [0.05, 0.1) is 0 Å². The van der Waals surface area contributed by atoms with E-state index in [1.165, 1.54) is 0 Å². The van der Waals surface area contributed by atoms with Gasteiger partial charge in [0, 0.05) is 30.7 Å². The van der Waals surface area contributed by atoms with Crippen molar-refractivity contribution in [3.63, 3.8) is 0 Å². The maximum Gasteiger partial charge on any atom is 0.320 e. The molecule has 122 valence electrons. The van der Waals surface area contributed by atoms with Crippen LogP contribution in [0.3, 0.4) is 0 Å². The quantitative estimate of drug-likeness (QED) is 0.798. The Morgan fingerprint density at radius 3 is 2.74 bits per heavy atom. The molecule has 7 heteroatoms. The third-order valence-corrected chi connectivity index (χ3v) is 4.49. The van der Waals surface area contributed by atoms with Gasteiger partial charge in [0.25, 0.3) is 0 Å². The van der Waals surface area contributed by atoms with Crippen molar-refractivity contribution in [3.05, 3.63) is 34.6 Å². The van der Waals surface area contributed by atoms with E-state index in [4.69, 9.17) is 4.52 Å². The van der Waals surface area contributed by atoms with Gasteiger partial charge in [-0.25, -0.2) is 4.79 Å². The Morgan fingerprint density at radius 1 is 1.30 bits per heavy atom. The van der Waals surface area contributed by atoms with E-state index in [1.807, 2.05) is 29.2 Å². The highest BCUT2D eigenvalue weighted by molar-refractivity contribution is 9.10. The fourth-order valence-electron chi connectivity index (χ4n) is 2.76. The van der Waals surface area contributed by atoms with E-state index >= 15 is 0 Å². The molecule has 1 aromatic carbocycles. The Labute approximate surface area is 143 Å². The van der Waals surface area contributed by atoms with Crippen LogP contribution in [0.25, 0.3) is 11.4 Å². The van der Waals surface area contributed by atoms with Crippen LogP contribution < -0.4 is 0 Å². The number of hydrogen-bond donors (Lipinski definition) is 0. The summed E-state index contributed by atoms with van der Waals surface area (Å²) in [7, 11) is 3.52. The van der Waals surface area contributed by atoms with Crippen molar-refractivity contribution in [2.24, 2.45) is 0 Å². The molecule has 0 spiro atoms. The monoisotopic (exact) mass is 378 g/mol. The second kappa shape index (κ2) is 6.70. The number of urea groups is 1. The van der Waals surface area contributed by atoms with E-state index in [0.29, 0.717) is 11.7 Å². The molecule has 2 amide bonds. The molecule has 1 aliphatic rings. The molecule has 0 saturated carbocycles. The molecular formula is C16H19BrN4O2. The first-order chi connectivity index (χ1) is 11.1. The molecule has 1 aliphatic heterocycles. The van der Waals surface area contributed by atoms with Crippen LogP contribution in [0.5, 0.6) is 0 Å². The van der Waals surface area contributed by atoms with Gasteiger partial charge in [0.1, 0.15) is 6.04 Å². The highest BCUT2D eigenvalue weighted by Crippen LogP contribution is 2.31. The van der Waals surface area contributed by atoms with Crippen molar-refractivity contribution in [3.8, 4) is 11.4 Å². The minimum atomic E-state index is -0.143. The van der Waals surface area contributed by atoms with Gasteiger partial charge < -0.3 is 14.3 Å². The van der Waals surface area contributed by atoms with Gasteiger partial charge in [0.15, 0.2) is 0 Å². The molecule has 6 nitrogen and oxygen atoms in total. The number of hydrogen-bond acceptors (Lipinski definition) is 4. The summed E-state index contributed by atoms with van der Waals surface area (Å²) in [5, 5.41) is 4.08. The highest BCUT2D eigenvalue weighted by atomic mass is 79.9. The van der Waals surface area contributed by atoms with Crippen molar-refractivity contribution in [2.75, 3.05) is 20.6 Å². The van der Waals surface area contributed by atoms with Gasteiger partial charge in [-0.05, 0) is 43.5 Å². The summed E-state index contributed by atoms with van der Waals surface area (Å²) in [6, 6.07) is 7.58. The second-order valence-corrected chi connectivity index (χ2v) is 6.76. The summed E-state index contributed by atoms with van der Waals surface area (Å²) < 4.78 is 6.46. The van der Waals surface area contributed by atoms with Crippen molar-refractivity contribution < 1.29 is 9.32 Å². The predicted octanol–water partition coefficient (Wildman–Crippen LogP) is 3.71. The predicted molar refractivity (Wildman–Crippen MR) is 89.8 cm³/mol. The minimum Gasteiger partial charge on any atom is -0.337 e. The second-order valence-electron chi connectivity index (χ2n) is 5.85. The van der Waals surface area contributed by atoms with Crippen molar-refractivity contribution in [1.82, 2.24) is 19.9 Å². The van der Waals surface area contributed by atoms with E-state index in [1.54, 1.807) is 19.0 Å². The molecule has 0 aliphatic carbocycles. The molecule has 1 unspecified atom stereocenters. The van der Waals surface area contributed by atoms with Crippen LogP contribution in [0.4, 0.5) is 4.79 Å². The molecule has 0 radical (unpaired) electrons. The number of halogens is 1. The lowest BCUT2D eigenvalue weighted by Crippen LogP contribution is -2.44. The molecule has 3 rings (SSSR count). The SMILES string of the molecule is CN(C)C(=O)N1CCCCC1c1nc(-c2ccc(Br)cc2)no1. The van der Waals surface area contributed by atoms with E-state index < -0.39 is 0 Å². The summed E-state index contributed by atoms with van der Waals surface area (Å²) >= 11 is 3.41. The van der Waals surface area contributed by atoms with Crippen molar-refractivity contribution in [1.29, 1.82) is 0 Å². The smallest absolute Gasteiger partial charge is 0.320 e. The summed E-state index contributed by atoms with van der Waals surface area (Å²) in [6.45, 7) is 0.720. The number of carbonyl (C=O) groups is 1. The fourth-order valence-corrected chi connectivity index (χ4v) is 3.03. The Balaban J connectivity index is 1.85. The maximum atomic E-state index is 12.4. The van der Waals surface area contributed by atoms with E-state index in [2.05, 4.69) is 26.1 Å². The van der Waals surface area contributed by atoms with Crippen molar-refractivity contribution >= 4 is 22.0 Å². The number of likely N-dealkylation sites (tertiary alicyclic amines) is 1. The van der Waals surface area contributed by atoms with Crippen LogP contribution in [-0.2, 0) is 0 Å². The Kier molecular flexibility index (Phi) is 4.66. The topological polar surface area (TPSA) is 62.5 Å². The average Bonchev–Trinajstić information content (AvgIpc) is 3.04. The first-order valence-electron chi connectivity index (χ1n) is 7.63. The molecule has 1 atom stereocenters. The number of rotatable bonds is 2. The van der Waals surface area contributed by atoms with E-state index in [0.717, 1.165) is 35.8 Å². The zero-order chi connectivity index (χ0) is 16.4. The van der Waals surface area contributed by atoms with Crippen LogP contribution >= 0.6 is 15.9 Å². The molecule has 23 heavy (non-hydrogen) atoms. The molecule has 2 aromatic rings. The van der Waals surface area contributed by atoms with E-state index in [9.17, 15) is 4.79 Å². The fraction of sp³-hybridized carbons (Fsp3) is 0.438. The lowest BCUT2D eigenvalue weighted by atomic mass is 10.0. The first-order valence-corrected chi connectivity index (χ1v) is 8.43. The Morgan fingerprint density at radius 2 is 2.04 bits per heavy atom. The summed E-state index contributed by atoms with van der Waals surface area (Å²) in [4.78, 5) is 20.3. The standard InChI is InChI=1S/C16H19BrN4O2/c1-20(2)16(22)21-10-4-3-5-13(21)15-18-14(19-23-15)11-6-8-12(17)9-7-11/h6-9,13H,3-5,10H2,1-2H3. The van der Waals surface area contributed by atoms with Crippen LogP contribution in [0.1, 0.15) is 31.2 Å². The molecule has 1 saturated heterocycles. The number of carbonyl (C=O) groups excluding carboxylic acids is 1. The minimum absolute atomic E-state index is 0.0157. The number of amides is 2. The zero-order valence-corrected chi connectivity index (χ0v) is 14.8.